The molecule has 9 heteroatoms. The molecule has 0 bridgehead atoms. The Balaban J connectivity index is 2.30. The molecule has 1 amide bonds. The van der Waals surface area contributed by atoms with Crippen LogP contribution in [0.2, 0.25) is 0 Å². The third-order valence-electron chi connectivity index (χ3n) is 3.99. The summed E-state index contributed by atoms with van der Waals surface area (Å²) < 4.78 is 28.6. The van der Waals surface area contributed by atoms with Crippen molar-refractivity contribution in [1.82, 2.24) is 5.32 Å². The fraction of sp³-hybridized carbons (Fsp3) is 0.316. The largest absolute Gasteiger partial charge is 0.493 e. The van der Waals surface area contributed by atoms with Crippen LogP contribution in [0.15, 0.2) is 36.4 Å². The minimum atomic E-state index is -0.667. The van der Waals surface area contributed by atoms with Gasteiger partial charge in [-0.15, -0.1) is 0 Å². The number of ether oxygens (including phenoxy) is 3. The first-order valence-electron chi connectivity index (χ1n) is 8.41. The molecule has 2 aromatic rings. The highest BCUT2D eigenvalue weighted by Gasteiger charge is 2.26. The van der Waals surface area contributed by atoms with E-state index in [1.165, 1.54) is 44.6 Å². The fourth-order valence-corrected chi connectivity index (χ4v) is 2.50. The van der Waals surface area contributed by atoms with E-state index in [4.69, 9.17) is 14.2 Å². The molecule has 0 heterocycles. The average molecular weight is 392 g/mol. The Morgan fingerprint density at radius 1 is 1.18 bits per heavy atom. The molecule has 0 aliphatic rings. The number of methoxy groups -OCH3 is 2. The van der Waals surface area contributed by atoms with Gasteiger partial charge in [0, 0.05) is 13.2 Å². The van der Waals surface area contributed by atoms with Crippen molar-refractivity contribution < 1.29 is 28.3 Å². The van der Waals surface area contributed by atoms with Crippen LogP contribution in [0, 0.1) is 15.9 Å². The van der Waals surface area contributed by atoms with Crippen molar-refractivity contribution in [2.24, 2.45) is 0 Å². The Hall–Kier alpha value is -3.20. The number of nitrogens with one attached hydrogen (secondary N) is 1. The molecule has 1 atom stereocenters. The van der Waals surface area contributed by atoms with Crippen molar-refractivity contribution >= 4 is 11.6 Å². The third-order valence-corrected chi connectivity index (χ3v) is 3.99. The van der Waals surface area contributed by atoms with Crippen molar-refractivity contribution in [1.29, 1.82) is 0 Å². The van der Waals surface area contributed by atoms with Crippen molar-refractivity contribution in [3.63, 3.8) is 0 Å². The third kappa shape index (κ3) is 5.17. The molecule has 8 nitrogen and oxygen atoms in total. The number of halogens is 1. The van der Waals surface area contributed by atoms with Crippen molar-refractivity contribution in [2.45, 2.75) is 13.0 Å². The maximum absolute atomic E-state index is 13.1. The number of hydrogen-bond donors (Lipinski definition) is 1. The molecule has 28 heavy (non-hydrogen) atoms. The molecule has 0 aromatic heterocycles. The predicted octanol–water partition coefficient (Wildman–Crippen LogP) is 3.26. The molecule has 1 N–H and O–H groups in total. The lowest BCUT2D eigenvalue weighted by Gasteiger charge is -2.16. The van der Waals surface area contributed by atoms with E-state index >= 15 is 0 Å². The van der Waals surface area contributed by atoms with Gasteiger partial charge in [-0.2, -0.15) is 0 Å². The van der Waals surface area contributed by atoms with Crippen molar-refractivity contribution in [3.05, 3.63) is 63.5 Å². The topological polar surface area (TPSA) is 99.9 Å². The number of carbonyl (C=O) groups is 1. The van der Waals surface area contributed by atoms with E-state index in [0.717, 1.165) is 6.07 Å². The normalized spacial score (nSPS) is 11.6. The summed E-state index contributed by atoms with van der Waals surface area (Å²) in [6.07, 6.45) is 0. The van der Waals surface area contributed by atoms with E-state index in [2.05, 4.69) is 5.32 Å². The Kier molecular flexibility index (Phi) is 7.28. The highest BCUT2D eigenvalue weighted by Crippen LogP contribution is 2.35. The SMILES string of the molecule is COCCOc1cc([N+](=O)[O-])c(C(=O)NC(C)c2ccc(F)cc2)cc1OC. The van der Waals surface area contributed by atoms with Crippen LogP contribution in [0.4, 0.5) is 10.1 Å². The first kappa shape index (κ1) is 21.1. The highest BCUT2D eigenvalue weighted by molar-refractivity contribution is 5.99. The zero-order chi connectivity index (χ0) is 20.7. The van der Waals surface area contributed by atoms with Gasteiger partial charge in [0.15, 0.2) is 11.5 Å². The quantitative estimate of drug-likeness (QED) is 0.399. The predicted molar refractivity (Wildman–Crippen MR) is 99.3 cm³/mol. The second kappa shape index (κ2) is 9.65. The number of nitro groups is 1. The van der Waals surface area contributed by atoms with Gasteiger partial charge in [-0.3, -0.25) is 14.9 Å². The fourth-order valence-electron chi connectivity index (χ4n) is 2.50. The molecule has 2 aromatic carbocycles. The van der Waals surface area contributed by atoms with Gasteiger partial charge in [0.2, 0.25) is 0 Å². The second-order valence-corrected chi connectivity index (χ2v) is 5.87. The van der Waals surface area contributed by atoms with Gasteiger partial charge in [-0.1, -0.05) is 12.1 Å². The monoisotopic (exact) mass is 392 g/mol. The van der Waals surface area contributed by atoms with E-state index in [-0.39, 0.29) is 30.3 Å². The van der Waals surface area contributed by atoms with E-state index in [1.807, 2.05) is 0 Å². The molecular formula is C19H21FN2O6. The lowest BCUT2D eigenvalue weighted by Crippen LogP contribution is -2.27. The molecule has 0 fully saturated rings. The van der Waals surface area contributed by atoms with Gasteiger partial charge >= 0.3 is 0 Å². The van der Waals surface area contributed by atoms with E-state index in [9.17, 15) is 19.3 Å². The van der Waals surface area contributed by atoms with E-state index < -0.39 is 28.4 Å². The number of carbonyl (C=O) groups excluding carboxylic acids is 1. The maximum Gasteiger partial charge on any atom is 0.286 e. The first-order valence-corrected chi connectivity index (χ1v) is 8.41. The van der Waals surface area contributed by atoms with Crippen LogP contribution >= 0.6 is 0 Å². The molecule has 0 spiro atoms. The molecule has 0 aliphatic heterocycles. The smallest absolute Gasteiger partial charge is 0.286 e. The summed E-state index contributed by atoms with van der Waals surface area (Å²) in [6, 6.07) is 7.52. The molecule has 0 saturated carbocycles. The lowest BCUT2D eigenvalue weighted by atomic mass is 10.1. The van der Waals surface area contributed by atoms with E-state index in [1.54, 1.807) is 6.92 Å². The molecule has 0 aliphatic carbocycles. The molecule has 0 radical (unpaired) electrons. The summed E-state index contributed by atoms with van der Waals surface area (Å²) in [5.74, 6) is -0.743. The molecule has 0 saturated heterocycles. The Labute approximate surface area is 161 Å². The van der Waals surface area contributed by atoms with Gasteiger partial charge in [0.25, 0.3) is 11.6 Å². The summed E-state index contributed by atoms with van der Waals surface area (Å²) in [5.41, 5.74) is 0.0656. The maximum atomic E-state index is 13.1. The summed E-state index contributed by atoms with van der Waals surface area (Å²) >= 11 is 0. The van der Waals surface area contributed by atoms with Gasteiger partial charge < -0.3 is 19.5 Å². The lowest BCUT2D eigenvalue weighted by molar-refractivity contribution is -0.385. The Bertz CT molecular complexity index is 841. The second-order valence-electron chi connectivity index (χ2n) is 5.87. The Morgan fingerprint density at radius 3 is 2.43 bits per heavy atom. The molecule has 1 unspecified atom stereocenters. The highest BCUT2D eigenvalue weighted by atomic mass is 19.1. The summed E-state index contributed by atoms with van der Waals surface area (Å²) in [6.45, 7) is 2.14. The molecule has 150 valence electrons. The van der Waals surface area contributed by atoms with Crippen LogP contribution in [0.5, 0.6) is 11.5 Å². The van der Waals surface area contributed by atoms with Crippen LogP contribution in [-0.4, -0.2) is 38.3 Å². The number of nitrogens with zero attached hydrogens (tertiary/aromatic N) is 1. The zero-order valence-corrected chi connectivity index (χ0v) is 15.7. The van der Waals surface area contributed by atoms with Crippen LogP contribution in [-0.2, 0) is 4.74 Å². The summed E-state index contributed by atoms with van der Waals surface area (Å²) in [5, 5.41) is 14.1. The summed E-state index contributed by atoms with van der Waals surface area (Å²) in [7, 11) is 2.87. The number of hydrogen-bond acceptors (Lipinski definition) is 6. The minimum absolute atomic E-state index is 0.134. The van der Waals surface area contributed by atoms with Crippen molar-refractivity contribution in [2.75, 3.05) is 27.4 Å². The van der Waals surface area contributed by atoms with Gasteiger partial charge in [0.05, 0.1) is 30.7 Å². The van der Waals surface area contributed by atoms with E-state index in [0.29, 0.717) is 5.56 Å². The van der Waals surface area contributed by atoms with Gasteiger partial charge in [0.1, 0.15) is 18.0 Å². The first-order chi connectivity index (χ1) is 13.4. The standard InChI is InChI=1S/C19H21FN2O6/c1-12(13-4-6-14(20)7-5-13)21-19(23)15-10-17(27-3)18(28-9-8-26-2)11-16(15)22(24)25/h4-7,10-12H,8-9H2,1-3H3,(H,21,23). The van der Waals surface area contributed by atoms with Gasteiger partial charge in [-0.05, 0) is 24.6 Å². The zero-order valence-electron chi connectivity index (χ0n) is 15.7. The van der Waals surface area contributed by atoms with Gasteiger partial charge in [-0.25, -0.2) is 4.39 Å². The number of rotatable bonds is 9. The van der Waals surface area contributed by atoms with Crippen LogP contribution < -0.4 is 14.8 Å². The van der Waals surface area contributed by atoms with Crippen molar-refractivity contribution in [3.8, 4) is 11.5 Å². The van der Waals surface area contributed by atoms with Crippen LogP contribution in [0.3, 0.4) is 0 Å². The molecular weight excluding hydrogens is 371 g/mol. The number of amides is 1. The Morgan fingerprint density at radius 2 is 1.86 bits per heavy atom. The summed E-state index contributed by atoms with van der Waals surface area (Å²) in [4.78, 5) is 23.5. The number of nitro benzene ring substituents is 1. The average Bonchev–Trinajstić information content (AvgIpc) is 2.68. The molecule has 2 rings (SSSR count). The number of benzene rings is 2. The minimum Gasteiger partial charge on any atom is -0.493 e. The van der Waals surface area contributed by atoms with Crippen LogP contribution in [0.1, 0.15) is 28.9 Å². The van der Waals surface area contributed by atoms with Crippen LogP contribution in [0.25, 0.3) is 0 Å².